The van der Waals surface area contributed by atoms with E-state index in [-0.39, 0.29) is 16.2 Å². The van der Waals surface area contributed by atoms with Gasteiger partial charge in [-0.3, -0.25) is 9.59 Å². The van der Waals surface area contributed by atoms with Gasteiger partial charge >= 0.3 is 6.18 Å². The van der Waals surface area contributed by atoms with Gasteiger partial charge in [0, 0.05) is 10.6 Å². The number of halogens is 5. The van der Waals surface area contributed by atoms with E-state index in [1.165, 1.54) is 11.3 Å². The predicted molar refractivity (Wildman–Crippen MR) is 122 cm³/mol. The number of fused-ring (bicyclic) bond motifs is 1. The van der Waals surface area contributed by atoms with Crippen LogP contribution >= 0.6 is 34.5 Å². The summed E-state index contributed by atoms with van der Waals surface area (Å²) in [6, 6.07) is 9.33. The molecule has 33 heavy (non-hydrogen) atoms. The van der Waals surface area contributed by atoms with E-state index in [0.717, 1.165) is 22.9 Å². The average Bonchev–Trinajstić information content (AvgIpc) is 3.13. The van der Waals surface area contributed by atoms with Gasteiger partial charge in [0.05, 0.1) is 26.0 Å². The van der Waals surface area contributed by atoms with Gasteiger partial charge in [0.1, 0.15) is 12.2 Å². The number of amides is 1. The molecule has 0 saturated carbocycles. The molecular formula is C21H13Cl2F3N4O2S. The molecule has 0 saturated heterocycles. The number of carbonyl (C=O) groups is 1. The second-order valence-electron chi connectivity index (χ2n) is 6.97. The number of alkyl halides is 3. The highest BCUT2D eigenvalue weighted by atomic mass is 35.5. The Kier molecular flexibility index (Phi) is 6.17. The Labute approximate surface area is 198 Å². The third-order valence-electron chi connectivity index (χ3n) is 4.59. The van der Waals surface area contributed by atoms with Crippen LogP contribution in [0.3, 0.4) is 0 Å². The van der Waals surface area contributed by atoms with Crippen LogP contribution in [0.4, 0.5) is 18.9 Å². The Balaban J connectivity index is 1.71. The predicted octanol–water partition coefficient (Wildman–Crippen LogP) is 5.79. The third kappa shape index (κ3) is 4.87. The lowest BCUT2D eigenvalue weighted by molar-refractivity contribution is -0.137. The van der Waals surface area contributed by atoms with E-state index >= 15 is 0 Å². The summed E-state index contributed by atoms with van der Waals surface area (Å²) in [5, 5.41) is 7.72. The van der Waals surface area contributed by atoms with Crippen molar-refractivity contribution in [1.29, 1.82) is 0 Å². The number of benzene rings is 2. The molecule has 1 amide bonds. The van der Waals surface area contributed by atoms with E-state index in [9.17, 15) is 22.8 Å². The first-order valence-corrected chi connectivity index (χ1v) is 10.9. The Morgan fingerprint density at radius 2 is 1.85 bits per heavy atom. The Morgan fingerprint density at radius 3 is 2.52 bits per heavy atom. The minimum atomic E-state index is -4.61. The quantitative estimate of drug-likeness (QED) is 0.375. The van der Waals surface area contributed by atoms with Crippen molar-refractivity contribution in [3.05, 3.63) is 73.4 Å². The highest BCUT2D eigenvalue weighted by Gasteiger charge is 2.31. The van der Waals surface area contributed by atoms with Crippen molar-refractivity contribution in [2.75, 3.05) is 5.32 Å². The number of aryl methyl sites for hydroxylation is 1. The van der Waals surface area contributed by atoms with E-state index in [4.69, 9.17) is 23.2 Å². The van der Waals surface area contributed by atoms with Crippen LogP contribution in [0.1, 0.15) is 10.6 Å². The van der Waals surface area contributed by atoms with Crippen molar-refractivity contribution >= 4 is 56.3 Å². The lowest BCUT2D eigenvalue weighted by Gasteiger charge is -2.12. The molecule has 0 fully saturated rings. The van der Waals surface area contributed by atoms with E-state index in [1.807, 2.05) is 0 Å². The smallest absolute Gasteiger partial charge is 0.323 e. The SMILES string of the molecule is Cc1nc2c(=O)n(CC(=O)Nc3cc(C(F)(F)F)ccc3Cl)nc(-c3ccc(Cl)cc3)c2s1. The van der Waals surface area contributed by atoms with Crippen molar-refractivity contribution in [3.63, 3.8) is 0 Å². The van der Waals surface area contributed by atoms with Crippen LogP contribution in [0.25, 0.3) is 21.5 Å². The van der Waals surface area contributed by atoms with Gasteiger partial charge in [0.25, 0.3) is 5.56 Å². The largest absolute Gasteiger partial charge is 0.416 e. The topological polar surface area (TPSA) is 76.9 Å². The molecule has 1 N–H and O–H groups in total. The van der Waals surface area contributed by atoms with Crippen LogP contribution in [0.5, 0.6) is 0 Å². The first-order valence-electron chi connectivity index (χ1n) is 9.34. The molecule has 2 aromatic carbocycles. The molecule has 0 spiro atoms. The number of carbonyl (C=O) groups excluding carboxylic acids is 1. The Morgan fingerprint density at radius 1 is 1.15 bits per heavy atom. The molecule has 6 nitrogen and oxygen atoms in total. The van der Waals surface area contributed by atoms with E-state index in [1.54, 1.807) is 31.2 Å². The number of hydrogen-bond acceptors (Lipinski definition) is 5. The maximum absolute atomic E-state index is 13.0. The number of aromatic nitrogens is 3. The number of nitrogens with one attached hydrogen (secondary N) is 1. The summed E-state index contributed by atoms with van der Waals surface area (Å²) in [5.41, 5.74) is -0.575. The Bertz CT molecular complexity index is 1430. The molecule has 170 valence electrons. The maximum atomic E-state index is 13.0. The molecule has 0 unspecified atom stereocenters. The summed E-state index contributed by atoms with van der Waals surface area (Å²) in [7, 11) is 0. The first kappa shape index (κ1) is 23.2. The zero-order chi connectivity index (χ0) is 23.9. The molecule has 4 aromatic rings. The van der Waals surface area contributed by atoms with Crippen LogP contribution in [-0.4, -0.2) is 20.7 Å². The number of thiazole rings is 1. The summed E-state index contributed by atoms with van der Waals surface area (Å²) < 4.78 is 40.4. The van der Waals surface area contributed by atoms with Crippen molar-refractivity contribution < 1.29 is 18.0 Å². The number of hydrogen-bond donors (Lipinski definition) is 1. The molecular weight excluding hydrogens is 500 g/mol. The van der Waals surface area contributed by atoms with Crippen LogP contribution in [-0.2, 0) is 17.5 Å². The fourth-order valence-electron chi connectivity index (χ4n) is 3.09. The van der Waals surface area contributed by atoms with Gasteiger partial charge in [-0.05, 0) is 37.3 Å². The van der Waals surface area contributed by atoms with Crippen LogP contribution in [0.2, 0.25) is 10.0 Å². The molecule has 2 heterocycles. The maximum Gasteiger partial charge on any atom is 0.416 e. The second kappa shape index (κ2) is 8.77. The average molecular weight is 513 g/mol. The second-order valence-corrected chi connectivity index (χ2v) is 9.02. The highest BCUT2D eigenvalue weighted by molar-refractivity contribution is 7.19. The van der Waals surface area contributed by atoms with Crippen LogP contribution < -0.4 is 10.9 Å². The van der Waals surface area contributed by atoms with Crippen LogP contribution in [0, 0.1) is 6.92 Å². The minimum Gasteiger partial charge on any atom is -0.323 e. The fourth-order valence-corrected chi connectivity index (χ4v) is 4.30. The zero-order valence-electron chi connectivity index (χ0n) is 16.7. The lowest BCUT2D eigenvalue weighted by atomic mass is 10.1. The number of rotatable bonds is 4. The molecule has 0 atom stereocenters. The first-order chi connectivity index (χ1) is 15.5. The molecule has 0 bridgehead atoms. The zero-order valence-corrected chi connectivity index (χ0v) is 19.0. The molecule has 4 rings (SSSR count). The summed E-state index contributed by atoms with van der Waals surface area (Å²) in [4.78, 5) is 29.7. The lowest BCUT2D eigenvalue weighted by Crippen LogP contribution is -2.30. The normalized spacial score (nSPS) is 11.7. The van der Waals surface area contributed by atoms with E-state index in [2.05, 4.69) is 15.4 Å². The van der Waals surface area contributed by atoms with E-state index in [0.29, 0.717) is 26.0 Å². The van der Waals surface area contributed by atoms with Gasteiger partial charge < -0.3 is 5.32 Å². The van der Waals surface area contributed by atoms with Crippen molar-refractivity contribution in [2.24, 2.45) is 0 Å². The molecule has 0 aliphatic heterocycles. The monoisotopic (exact) mass is 512 g/mol. The fraction of sp³-hybridized carbons (Fsp3) is 0.143. The summed E-state index contributed by atoms with van der Waals surface area (Å²) >= 11 is 13.2. The number of anilines is 1. The van der Waals surface area contributed by atoms with Gasteiger partial charge in [-0.15, -0.1) is 11.3 Å². The molecule has 0 radical (unpaired) electrons. The minimum absolute atomic E-state index is 0.0795. The molecule has 12 heteroatoms. The van der Waals surface area contributed by atoms with Crippen molar-refractivity contribution in [1.82, 2.24) is 14.8 Å². The van der Waals surface area contributed by atoms with Gasteiger partial charge in [-0.1, -0.05) is 35.3 Å². The van der Waals surface area contributed by atoms with Gasteiger partial charge in [-0.2, -0.15) is 18.3 Å². The van der Waals surface area contributed by atoms with Gasteiger partial charge in [-0.25, -0.2) is 9.67 Å². The highest BCUT2D eigenvalue weighted by Crippen LogP contribution is 2.34. The third-order valence-corrected chi connectivity index (χ3v) is 6.14. The Hall–Kier alpha value is -2.95. The van der Waals surface area contributed by atoms with Crippen molar-refractivity contribution in [3.8, 4) is 11.3 Å². The summed E-state index contributed by atoms with van der Waals surface area (Å²) in [6.07, 6.45) is -4.61. The van der Waals surface area contributed by atoms with Gasteiger partial charge in [0.15, 0.2) is 5.52 Å². The number of nitrogens with zero attached hydrogens (tertiary/aromatic N) is 3. The standard InChI is InChI=1S/C21H13Cl2F3N4O2S/c1-10-27-18-19(33-10)17(11-2-5-13(22)6-3-11)29-30(20(18)32)9-16(31)28-15-8-12(21(24,25)26)4-7-14(15)23/h2-8H,9H2,1H3,(H,28,31). The van der Waals surface area contributed by atoms with Crippen molar-refractivity contribution in [2.45, 2.75) is 19.6 Å². The molecule has 0 aliphatic carbocycles. The van der Waals surface area contributed by atoms with Crippen LogP contribution in [0.15, 0.2) is 47.3 Å². The summed E-state index contributed by atoms with van der Waals surface area (Å²) in [5.74, 6) is -0.779. The molecule has 2 aromatic heterocycles. The van der Waals surface area contributed by atoms with Gasteiger partial charge in [0.2, 0.25) is 5.91 Å². The molecule has 0 aliphatic rings. The summed E-state index contributed by atoms with van der Waals surface area (Å²) in [6.45, 7) is 1.18. The van der Waals surface area contributed by atoms with E-state index < -0.39 is 29.8 Å².